The Morgan fingerprint density at radius 1 is 0.935 bits per heavy atom. The lowest BCUT2D eigenvalue weighted by Gasteiger charge is -2.09. The highest BCUT2D eigenvalue weighted by Gasteiger charge is 2.16. The third kappa shape index (κ3) is 4.42. The fourth-order valence-corrected chi connectivity index (χ4v) is 5.06. The Bertz CT molecular complexity index is 1340. The van der Waals surface area contributed by atoms with E-state index in [1.807, 2.05) is 26.0 Å². The number of aryl methyl sites for hydroxylation is 2. The van der Waals surface area contributed by atoms with Crippen molar-refractivity contribution in [2.24, 2.45) is 0 Å². The molecule has 3 aromatic carbocycles. The summed E-state index contributed by atoms with van der Waals surface area (Å²) in [6.45, 7) is 3.97. The number of halogens is 1. The molecule has 1 amide bonds. The Labute approximate surface area is 182 Å². The Morgan fingerprint density at radius 2 is 1.58 bits per heavy atom. The van der Waals surface area contributed by atoms with Crippen LogP contribution in [0.2, 0.25) is 0 Å². The Morgan fingerprint density at radius 3 is 2.23 bits per heavy atom. The van der Waals surface area contributed by atoms with Crippen LogP contribution in [0.25, 0.3) is 10.2 Å². The fraction of sp³-hybridized carbons (Fsp3) is 0.0909. The van der Waals surface area contributed by atoms with Gasteiger partial charge in [0.1, 0.15) is 5.82 Å². The number of hydrogen-bond acceptors (Lipinski definition) is 5. The average Bonchev–Trinajstić information content (AvgIpc) is 3.16. The minimum Gasteiger partial charge on any atom is -0.298 e. The molecule has 0 unspecified atom stereocenters. The lowest BCUT2D eigenvalue weighted by molar-refractivity contribution is 0.102. The third-order valence-corrected chi connectivity index (χ3v) is 7.19. The smallest absolute Gasteiger partial charge is 0.261 e. The van der Waals surface area contributed by atoms with Crippen molar-refractivity contribution in [3.63, 3.8) is 0 Å². The predicted octanol–water partition coefficient (Wildman–Crippen LogP) is 5.11. The van der Waals surface area contributed by atoms with Gasteiger partial charge >= 0.3 is 0 Å². The van der Waals surface area contributed by atoms with E-state index in [9.17, 15) is 17.6 Å². The molecule has 2 N–H and O–H groups in total. The van der Waals surface area contributed by atoms with Gasteiger partial charge in [0.05, 0.1) is 15.1 Å². The van der Waals surface area contributed by atoms with Crippen molar-refractivity contribution >= 4 is 48.3 Å². The van der Waals surface area contributed by atoms with Crippen LogP contribution in [0.3, 0.4) is 0 Å². The first-order chi connectivity index (χ1) is 14.7. The van der Waals surface area contributed by atoms with Gasteiger partial charge < -0.3 is 0 Å². The van der Waals surface area contributed by atoms with Gasteiger partial charge in [-0.05, 0) is 73.5 Å². The number of anilines is 2. The summed E-state index contributed by atoms with van der Waals surface area (Å²) < 4.78 is 41.2. The second kappa shape index (κ2) is 8.09. The van der Waals surface area contributed by atoms with E-state index in [4.69, 9.17) is 0 Å². The molecule has 0 saturated carbocycles. The number of thiazole rings is 1. The normalized spacial score (nSPS) is 11.5. The minimum absolute atomic E-state index is 0.0582. The molecule has 0 radical (unpaired) electrons. The fourth-order valence-electron chi connectivity index (χ4n) is 3.00. The van der Waals surface area contributed by atoms with Crippen LogP contribution in [0.5, 0.6) is 0 Å². The van der Waals surface area contributed by atoms with Crippen molar-refractivity contribution in [3.8, 4) is 0 Å². The molecular weight excluding hydrogens is 437 g/mol. The average molecular weight is 456 g/mol. The van der Waals surface area contributed by atoms with Crippen LogP contribution in [0.15, 0.2) is 65.6 Å². The lowest BCUT2D eigenvalue weighted by Crippen LogP contribution is -2.14. The second-order valence-electron chi connectivity index (χ2n) is 6.99. The number of benzene rings is 3. The van der Waals surface area contributed by atoms with Crippen molar-refractivity contribution < 1.29 is 17.6 Å². The number of amides is 1. The summed E-state index contributed by atoms with van der Waals surface area (Å²) >= 11 is 1.41. The molecule has 0 spiro atoms. The zero-order valence-electron chi connectivity index (χ0n) is 16.6. The number of sulfonamides is 1. The molecule has 0 aliphatic carbocycles. The summed E-state index contributed by atoms with van der Waals surface area (Å²) in [7, 11) is -3.86. The third-order valence-electron chi connectivity index (χ3n) is 4.69. The van der Waals surface area contributed by atoms with Gasteiger partial charge in [-0.3, -0.25) is 14.8 Å². The summed E-state index contributed by atoms with van der Waals surface area (Å²) in [5.74, 6) is -0.866. The van der Waals surface area contributed by atoms with Crippen molar-refractivity contribution in [1.29, 1.82) is 0 Å². The van der Waals surface area contributed by atoms with Gasteiger partial charge in [-0.25, -0.2) is 17.8 Å². The van der Waals surface area contributed by atoms with Gasteiger partial charge in [0.15, 0.2) is 5.13 Å². The van der Waals surface area contributed by atoms with Crippen LogP contribution in [0, 0.1) is 19.7 Å². The monoisotopic (exact) mass is 455 g/mol. The Balaban J connectivity index is 1.49. The van der Waals surface area contributed by atoms with Crippen molar-refractivity contribution in [2.75, 3.05) is 10.0 Å². The Hall–Kier alpha value is -3.30. The molecule has 6 nitrogen and oxygen atoms in total. The van der Waals surface area contributed by atoms with Gasteiger partial charge in [-0.2, -0.15) is 0 Å². The molecule has 0 bridgehead atoms. The summed E-state index contributed by atoms with van der Waals surface area (Å²) in [5.41, 5.74) is 3.64. The number of hydrogen-bond donors (Lipinski definition) is 2. The second-order valence-corrected chi connectivity index (χ2v) is 9.67. The summed E-state index contributed by atoms with van der Waals surface area (Å²) in [6, 6.07) is 14.5. The maximum absolute atomic E-state index is 13.0. The molecule has 0 atom stereocenters. The summed E-state index contributed by atoms with van der Waals surface area (Å²) in [6.07, 6.45) is 0. The molecule has 0 aliphatic rings. The number of carbonyl (C=O) groups is 1. The molecule has 0 fully saturated rings. The van der Waals surface area contributed by atoms with E-state index in [0.717, 1.165) is 33.5 Å². The van der Waals surface area contributed by atoms with E-state index in [1.165, 1.54) is 47.7 Å². The summed E-state index contributed by atoms with van der Waals surface area (Å²) in [4.78, 5) is 17.0. The first-order valence-electron chi connectivity index (χ1n) is 9.29. The molecule has 0 aliphatic heterocycles. The molecular formula is C22H18FN3O3S2. The van der Waals surface area contributed by atoms with Crippen LogP contribution in [-0.4, -0.2) is 19.3 Å². The molecule has 0 saturated heterocycles. The number of rotatable bonds is 5. The van der Waals surface area contributed by atoms with Gasteiger partial charge in [0.25, 0.3) is 15.9 Å². The maximum atomic E-state index is 13.0. The maximum Gasteiger partial charge on any atom is 0.261 e. The van der Waals surface area contributed by atoms with Crippen molar-refractivity contribution in [3.05, 3.63) is 83.2 Å². The molecule has 31 heavy (non-hydrogen) atoms. The van der Waals surface area contributed by atoms with Crippen LogP contribution < -0.4 is 10.0 Å². The van der Waals surface area contributed by atoms with Gasteiger partial charge in [0.2, 0.25) is 0 Å². The number of fused-ring (bicyclic) bond motifs is 1. The van der Waals surface area contributed by atoms with Crippen LogP contribution in [0.1, 0.15) is 21.5 Å². The number of nitrogens with zero attached hydrogens (tertiary/aromatic N) is 1. The van der Waals surface area contributed by atoms with E-state index in [0.29, 0.717) is 10.7 Å². The quantitative estimate of drug-likeness (QED) is 0.438. The van der Waals surface area contributed by atoms with Crippen molar-refractivity contribution in [2.45, 2.75) is 18.7 Å². The standard InChI is InChI=1S/C22H18FN3O3S2/c1-13-3-4-14(2)20-19(13)24-22(30-20)25-21(27)15-5-9-17(10-6-15)26-31(28,29)18-11-7-16(23)8-12-18/h3-12,26H,1-2H3,(H,24,25,27). The first-order valence-corrected chi connectivity index (χ1v) is 11.6. The number of nitrogens with one attached hydrogen (secondary N) is 2. The highest BCUT2D eigenvalue weighted by Crippen LogP contribution is 2.31. The largest absolute Gasteiger partial charge is 0.298 e. The zero-order chi connectivity index (χ0) is 22.2. The number of aromatic nitrogens is 1. The van der Waals surface area contributed by atoms with Crippen molar-refractivity contribution in [1.82, 2.24) is 4.98 Å². The minimum atomic E-state index is -3.86. The van der Waals surface area contributed by atoms with E-state index in [1.54, 1.807) is 0 Å². The van der Waals surface area contributed by atoms with Crippen LogP contribution >= 0.6 is 11.3 Å². The van der Waals surface area contributed by atoms with E-state index >= 15 is 0 Å². The van der Waals surface area contributed by atoms with Crippen LogP contribution in [0.4, 0.5) is 15.2 Å². The topological polar surface area (TPSA) is 88.2 Å². The SMILES string of the molecule is Cc1ccc(C)c2sc(NC(=O)c3ccc(NS(=O)(=O)c4ccc(F)cc4)cc3)nc12. The summed E-state index contributed by atoms with van der Waals surface area (Å²) in [5, 5.41) is 3.29. The molecule has 1 aromatic heterocycles. The molecule has 158 valence electrons. The Kier molecular flexibility index (Phi) is 5.47. The molecule has 9 heteroatoms. The van der Waals surface area contributed by atoms with Gasteiger partial charge in [-0.15, -0.1) is 0 Å². The van der Waals surface area contributed by atoms with E-state index < -0.39 is 15.8 Å². The molecule has 4 aromatic rings. The van der Waals surface area contributed by atoms with E-state index in [2.05, 4.69) is 15.0 Å². The highest BCUT2D eigenvalue weighted by atomic mass is 32.2. The predicted molar refractivity (Wildman–Crippen MR) is 121 cm³/mol. The van der Waals surface area contributed by atoms with Gasteiger partial charge in [-0.1, -0.05) is 23.5 Å². The van der Waals surface area contributed by atoms with Crippen LogP contribution in [-0.2, 0) is 10.0 Å². The zero-order valence-corrected chi connectivity index (χ0v) is 18.3. The molecule has 1 heterocycles. The number of carbonyl (C=O) groups excluding carboxylic acids is 1. The first kappa shape index (κ1) is 21.0. The highest BCUT2D eigenvalue weighted by molar-refractivity contribution is 7.92. The molecule has 4 rings (SSSR count). The van der Waals surface area contributed by atoms with E-state index in [-0.39, 0.29) is 16.5 Å². The van der Waals surface area contributed by atoms with Gasteiger partial charge in [0, 0.05) is 11.3 Å². The lowest BCUT2D eigenvalue weighted by atomic mass is 10.1.